The molecule has 0 radical (unpaired) electrons. The third-order valence-corrected chi connectivity index (χ3v) is 2.83. The average Bonchev–Trinajstić information content (AvgIpc) is 2.33. The largest absolute Gasteiger partial charge is 0.494 e. The van der Waals surface area contributed by atoms with Gasteiger partial charge in [0.2, 0.25) is 0 Å². The number of halogens is 1. The minimum atomic E-state index is -0.299. The predicted octanol–water partition coefficient (Wildman–Crippen LogP) is 1.24. The Bertz CT molecular complexity index is 351. The molecular weight excluding hydrogens is 207 g/mol. The zero-order valence-corrected chi connectivity index (χ0v) is 9.50. The van der Waals surface area contributed by atoms with Crippen LogP contribution in [0.25, 0.3) is 0 Å². The fraction of sp³-hybridized carbons (Fsp3) is 0.500. The third-order valence-electron chi connectivity index (χ3n) is 2.83. The van der Waals surface area contributed by atoms with E-state index in [0.717, 1.165) is 38.3 Å². The van der Waals surface area contributed by atoms with E-state index in [-0.39, 0.29) is 5.82 Å². The maximum atomic E-state index is 13.2. The Morgan fingerprint density at radius 2 is 2.12 bits per heavy atom. The zero-order chi connectivity index (χ0) is 11.4. The quantitative estimate of drug-likeness (QED) is 0.836. The van der Waals surface area contributed by atoms with Gasteiger partial charge in [0.25, 0.3) is 0 Å². The standard InChI is InChI=1S/C12H17FN2O/c1-16-12-8-10(2-3-11(12)13)9-15-6-4-14-5-7-15/h2-3,8,14H,4-7,9H2,1H3. The van der Waals surface area contributed by atoms with Gasteiger partial charge >= 0.3 is 0 Å². The average molecular weight is 224 g/mol. The van der Waals surface area contributed by atoms with Crippen molar-refractivity contribution in [3.05, 3.63) is 29.6 Å². The first-order valence-corrected chi connectivity index (χ1v) is 5.55. The van der Waals surface area contributed by atoms with Gasteiger partial charge in [-0.3, -0.25) is 4.90 Å². The van der Waals surface area contributed by atoms with E-state index in [1.807, 2.05) is 6.07 Å². The summed E-state index contributed by atoms with van der Waals surface area (Å²) in [5.74, 6) is 0.0270. The Hall–Kier alpha value is -1.13. The summed E-state index contributed by atoms with van der Waals surface area (Å²) in [5.41, 5.74) is 1.10. The van der Waals surface area contributed by atoms with Crippen LogP contribution in [0.5, 0.6) is 5.75 Å². The van der Waals surface area contributed by atoms with Crippen molar-refractivity contribution in [2.75, 3.05) is 33.3 Å². The lowest BCUT2D eigenvalue weighted by Crippen LogP contribution is -2.42. The van der Waals surface area contributed by atoms with Crippen LogP contribution in [0.3, 0.4) is 0 Å². The fourth-order valence-corrected chi connectivity index (χ4v) is 1.93. The van der Waals surface area contributed by atoms with E-state index in [4.69, 9.17) is 4.74 Å². The molecule has 1 aliphatic heterocycles. The van der Waals surface area contributed by atoms with Crippen LogP contribution in [0.1, 0.15) is 5.56 Å². The molecule has 88 valence electrons. The molecule has 3 nitrogen and oxygen atoms in total. The van der Waals surface area contributed by atoms with Gasteiger partial charge in [0.05, 0.1) is 7.11 Å². The number of methoxy groups -OCH3 is 1. The maximum Gasteiger partial charge on any atom is 0.165 e. The highest BCUT2D eigenvalue weighted by atomic mass is 19.1. The molecule has 0 aliphatic carbocycles. The summed E-state index contributed by atoms with van der Waals surface area (Å²) >= 11 is 0. The topological polar surface area (TPSA) is 24.5 Å². The minimum absolute atomic E-state index is 0.299. The van der Waals surface area contributed by atoms with Crippen LogP contribution in [0.15, 0.2) is 18.2 Å². The lowest BCUT2D eigenvalue weighted by molar-refractivity contribution is 0.233. The highest BCUT2D eigenvalue weighted by molar-refractivity contribution is 5.30. The second-order valence-corrected chi connectivity index (χ2v) is 4.00. The number of nitrogens with one attached hydrogen (secondary N) is 1. The van der Waals surface area contributed by atoms with E-state index < -0.39 is 0 Å². The van der Waals surface area contributed by atoms with Crippen LogP contribution >= 0.6 is 0 Å². The normalized spacial score (nSPS) is 17.4. The Kier molecular flexibility index (Phi) is 3.74. The molecule has 0 amide bonds. The molecule has 1 aromatic carbocycles. The molecule has 0 aromatic heterocycles. The van der Waals surface area contributed by atoms with Gasteiger partial charge in [-0.1, -0.05) is 6.07 Å². The molecule has 1 saturated heterocycles. The summed E-state index contributed by atoms with van der Waals surface area (Å²) < 4.78 is 18.2. The molecular formula is C12H17FN2O. The van der Waals surface area contributed by atoms with E-state index in [9.17, 15) is 4.39 Å². The number of hydrogen-bond donors (Lipinski definition) is 1. The molecule has 1 aliphatic rings. The van der Waals surface area contributed by atoms with Crippen LogP contribution < -0.4 is 10.1 Å². The molecule has 0 saturated carbocycles. The van der Waals surface area contributed by atoms with Gasteiger partial charge in [0.15, 0.2) is 11.6 Å². The maximum absolute atomic E-state index is 13.2. The monoisotopic (exact) mass is 224 g/mol. The summed E-state index contributed by atoms with van der Waals surface area (Å²) in [5, 5.41) is 3.31. The Labute approximate surface area is 95.2 Å². The number of hydrogen-bond acceptors (Lipinski definition) is 3. The Balaban J connectivity index is 2.03. The molecule has 4 heteroatoms. The summed E-state index contributed by atoms with van der Waals surface area (Å²) in [6.45, 7) is 4.99. The second-order valence-electron chi connectivity index (χ2n) is 4.00. The highest BCUT2D eigenvalue weighted by Gasteiger charge is 2.11. The van der Waals surface area contributed by atoms with Crippen LogP contribution in [0.4, 0.5) is 4.39 Å². The van der Waals surface area contributed by atoms with E-state index in [1.165, 1.54) is 13.2 Å². The molecule has 2 rings (SSSR count). The lowest BCUT2D eigenvalue weighted by Gasteiger charge is -2.27. The lowest BCUT2D eigenvalue weighted by atomic mass is 10.2. The van der Waals surface area contributed by atoms with Crippen molar-refractivity contribution in [1.29, 1.82) is 0 Å². The van der Waals surface area contributed by atoms with Gasteiger partial charge in [0.1, 0.15) is 0 Å². The summed E-state index contributed by atoms with van der Waals surface area (Å²) in [6.07, 6.45) is 0. The van der Waals surface area contributed by atoms with Crippen molar-refractivity contribution < 1.29 is 9.13 Å². The first-order valence-electron chi connectivity index (χ1n) is 5.55. The summed E-state index contributed by atoms with van der Waals surface area (Å²) in [4.78, 5) is 2.35. The molecule has 0 atom stereocenters. The van der Waals surface area contributed by atoms with Gasteiger partial charge < -0.3 is 10.1 Å². The van der Waals surface area contributed by atoms with E-state index in [2.05, 4.69) is 10.2 Å². The molecule has 0 bridgehead atoms. The van der Waals surface area contributed by atoms with Crippen molar-refractivity contribution >= 4 is 0 Å². The minimum Gasteiger partial charge on any atom is -0.494 e. The van der Waals surface area contributed by atoms with Gasteiger partial charge in [-0.15, -0.1) is 0 Å². The smallest absolute Gasteiger partial charge is 0.165 e. The molecule has 1 N–H and O–H groups in total. The van der Waals surface area contributed by atoms with Crippen molar-refractivity contribution in [3.8, 4) is 5.75 Å². The van der Waals surface area contributed by atoms with Gasteiger partial charge in [-0.05, 0) is 17.7 Å². The third kappa shape index (κ3) is 2.71. The van der Waals surface area contributed by atoms with Crippen LogP contribution in [0.2, 0.25) is 0 Å². The number of benzene rings is 1. The van der Waals surface area contributed by atoms with Crippen molar-refractivity contribution in [3.63, 3.8) is 0 Å². The van der Waals surface area contributed by atoms with Gasteiger partial charge in [-0.2, -0.15) is 0 Å². The molecule has 1 fully saturated rings. The number of piperazine rings is 1. The molecule has 1 aromatic rings. The number of ether oxygens (including phenoxy) is 1. The number of rotatable bonds is 3. The van der Waals surface area contributed by atoms with Crippen molar-refractivity contribution in [1.82, 2.24) is 10.2 Å². The first-order chi connectivity index (χ1) is 7.79. The van der Waals surface area contributed by atoms with E-state index in [0.29, 0.717) is 5.75 Å². The molecule has 16 heavy (non-hydrogen) atoms. The Morgan fingerprint density at radius 3 is 2.81 bits per heavy atom. The summed E-state index contributed by atoms with van der Waals surface area (Å²) in [6, 6.07) is 5.06. The van der Waals surface area contributed by atoms with E-state index in [1.54, 1.807) is 6.07 Å². The first kappa shape index (κ1) is 11.4. The molecule has 0 spiro atoms. The van der Waals surface area contributed by atoms with Crippen molar-refractivity contribution in [2.24, 2.45) is 0 Å². The number of nitrogens with zero attached hydrogens (tertiary/aromatic N) is 1. The summed E-state index contributed by atoms with van der Waals surface area (Å²) in [7, 11) is 1.49. The van der Waals surface area contributed by atoms with Gasteiger partial charge in [0, 0.05) is 32.7 Å². The zero-order valence-electron chi connectivity index (χ0n) is 9.50. The highest BCUT2D eigenvalue weighted by Crippen LogP contribution is 2.19. The van der Waals surface area contributed by atoms with Crippen LogP contribution in [-0.4, -0.2) is 38.2 Å². The van der Waals surface area contributed by atoms with Gasteiger partial charge in [-0.25, -0.2) is 4.39 Å². The molecule has 1 heterocycles. The second kappa shape index (κ2) is 5.27. The Morgan fingerprint density at radius 1 is 1.38 bits per heavy atom. The SMILES string of the molecule is COc1cc(CN2CCNCC2)ccc1F. The predicted molar refractivity (Wildman–Crippen MR) is 61.1 cm³/mol. The van der Waals surface area contributed by atoms with Crippen LogP contribution in [-0.2, 0) is 6.54 Å². The van der Waals surface area contributed by atoms with Crippen molar-refractivity contribution in [2.45, 2.75) is 6.54 Å². The van der Waals surface area contributed by atoms with Crippen LogP contribution in [0, 0.1) is 5.82 Å². The fourth-order valence-electron chi connectivity index (χ4n) is 1.93. The molecule has 0 unspecified atom stereocenters. The van der Waals surface area contributed by atoms with E-state index >= 15 is 0 Å².